The zero-order valence-corrected chi connectivity index (χ0v) is 15.5. The molecule has 2 rings (SSSR count). The lowest BCUT2D eigenvalue weighted by atomic mass is 10.0. The van der Waals surface area contributed by atoms with E-state index in [-0.39, 0.29) is 17.7 Å². The molecule has 25 heavy (non-hydrogen) atoms. The van der Waals surface area contributed by atoms with Crippen molar-refractivity contribution in [2.45, 2.75) is 52.1 Å². The van der Waals surface area contributed by atoms with Crippen LogP contribution < -0.4 is 5.73 Å². The Labute approximate surface area is 151 Å². The van der Waals surface area contributed by atoms with E-state index in [1.165, 1.54) is 5.56 Å². The van der Waals surface area contributed by atoms with E-state index in [1.54, 1.807) is 6.92 Å². The summed E-state index contributed by atoms with van der Waals surface area (Å²) in [5.41, 5.74) is 6.60. The van der Waals surface area contributed by atoms with Crippen molar-refractivity contribution in [2.75, 3.05) is 19.6 Å². The van der Waals surface area contributed by atoms with Crippen LogP contribution in [-0.2, 0) is 16.1 Å². The van der Waals surface area contributed by atoms with E-state index in [1.807, 2.05) is 11.0 Å². The van der Waals surface area contributed by atoms with Crippen LogP contribution in [0.25, 0.3) is 0 Å². The number of nitrogens with two attached hydrogens (primary N) is 1. The van der Waals surface area contributed by atoms with Crippen LogP contribution in [0.5, 0.6) is 0 Å². The number of piperidine rings is 1. The third-order valence-electron chi connectivity index (χ3n) is 5.25. The van der Waals surface area contributed by atoms with Gasteiger partial charge in [-0.1, -0.05) is 44.2 Å². The summed E-state index contributed by atoms with van der Waals surface area (Å²) < 4.78 is 0. The second kappa shape index (κ2) is 9.56. The van der Waals surface area contributed by atoms with Gasteiger partial charge in [0.05, 0.1) is 0 Å². The number of carbonyl (C=O) groups is 2. The van der Waals surface area contributed by atoms with Gasteiger partial charge in [-0.25, -0.2) is 0 Å². The Hall–Kier alpha value is -1.88. The number of benzene rings is 1. The maximum absolute atomic E-state index is 12.3. The lowest BCUT2D eigenvalue weighted by Crippen LogP contribution is -2.46. The van der Waals surface area contributed by atoms with Crippen LogP contribution in [0.4, 0.5) is 0 Å². The highest BCUT2D eigenvalue weighted by molar-refractivity contribution is 5.79. The summed E-state index contributed by atoms with van der Waals surface area (Å²) >= 11 is 0. The number of likely N-dealkylation sites (tertiary alicyclic amines) is 1. The smallest absolute Gasteiger partial charge is 0.222 e. The van der Waals surface area contributed by atoms with Crippen molar-refractivity contribution < 1.29 is 9.59 Å². The van der Waals surface area contributed by atoms with Gasteiger partial charge < -0.3 is 10.6 Å². The van der Waals surface area contributed by atoms with E-state index < -0.39 is 0 Å². The molecular weight excluding hydrogens is 314 g/mol. The summed E-state index contributed by atoms with van der Waals surface area (Å²) in [4.78, 5) is 27.9. The van der Waals surface area contributed by atoms with Crippen molar-refractivity contribution in [3.63, 3.8) is 0 Å². The first-order valence-electron chi connectivity index (χ1n) is 9.36. The monoisotopic (exact) mass is 345 g/mol. The minimum Gasteiger partial charge on any atom is -0.369 e. The standard InChI is InChI=1S/C20H31N3O2/c1-3-22(15-17-7-5-4-6-8-17)18-11-13-23(14-12-18)19(24)10-9-16(2)20(21)25/h4-8,16,18H,3,9-15H2,1-2H3,(H2,21,25)/t16-/m0/s1. The molecule has 0 saturated carbocycles. The first kappa shape index (κ1) is 19.4. The maximum Gasteiger partial charge on any atom is 0.222 e. The highest BCUT2D eigenvalue weighted by Gasteiger charge is 2.26. The van der Waals surface area contributed by atoms with Gasteiger partial charge in [-0.2, -0.15) is 0 Å². The van der Waals surface area contributed by atoms with Crippen LogP contribution in [0.1, 0.15) is 45.1 Å². The number of amides is 2. The number of rotatable bonds is 8. The molecule has 1 saturated heterocycles. The normalized spacial score (nSPS) is 16.8. The molecule has 2 amide bonds. The molecule has 0 aromatic heterocycles. The Balaban J connectivity index is 1.79. The average Bonchev–Trinajstić information content (AvgIpc) is 2.64. The van der Waals surface area contributed by atoms with Gasteiger partial charge in [-0.3, -0.25) is 14.5 Å². The predicted molar refractivity (Wildman–Crippen MR) is 99.7 cm³/mol. The lowest BCUT2D eigenvalue weighted by molar-refractivity contribution is -0.133. The number of hydrogen-bond donors (Lipinski definition) is 1. The molecule has 1 atom stereocenters. The summed E-state index contributed by atoms with van der Waals surface area (Å²) in [7, 11) is 0. The molecule has 1 aromatic rings. The van der Waals surface area contributed by atoms with Crippen molar-refractivity contribution in [2.24, 2.45) is 11.7 Å². The van der Waals surface area contributed by atoms with Crippen LogP contribution in [0, 0.1) is 5.92 Å². The second-order valence-electron chi connectivity index (χ2n) is 7.00. The zero-order chi connectivity index (χ0) is 18.2. The summed E-state index contributed by atoms with van der Waals surface area (Å²) in [6, 6.07) is 11.1. The Morgan fingerprint density at radius 2 is 1.88 bits per heavy atom. The quantitative estimate of drug-likeness (QED) is 0.787. The van der Waals surface area contributed by atoms with Gasteiger partial charge >= 0.3 is 0 Å². The third-order valence-corrected chi connectivity index (χ3v) is 5.25. The van der Waals surface area contributed by atoms with Crippen LogP contribution in [0.3, 0.4) is 0 Å². The maximum atomic E-state index is 12.3. The van der Waals surface area contributed by atoms with Crippen LogP contribution >= 0.6 is 0 Å². The van der Waals surface area contributed by atoms with Gasteiger partial charge in [-0.05, 0) is 31.4 Å². The van der Waals surface area contributed by atoms with E-state index >= 15 is 0 Å². The molecule has 0 bridgehead atoms. The molecular formula is C20H31N3O2. The SMILES string of the molecule is CCN(Cc1ccccc1)C1CCN(C(=O)CC[C@H](C)C(N)=O)CC1. The molecule has 1 heterocycles. The minimum absolute atomic E-state index is 0.151. The molecule has 0 aliphatic carbocycles. The van der Waals surface area contributed by atoms with Crippen molar-refractivity contribution in [1.29, 1.82) is 0 Å². The van der Waals surface area contributed by atoms with E-state index in [0.717, 1.165) is 39.0 Å². The fourth-order valence-corrected chi connectivity index (χ4v) is 3.44. The highest BCUT2D eigenvalue weighted by atomic mass is 16.2. The van der Waals surface area contributed by atoms with E-state index in [2.05, 4.69) is 36.1 Å². The lowest BCUT2D eigenvalue weighted by Gasteiger charge is -2.38. The largest absolute Gasteiger partial charge is 0.369 e. The fourth-order valence-electron chi connectivity index (χ4n) is 3.44. The van der Waals surface area contributed by atoms with Crippen LogP contribution in [0.2, 0.25) is 0 Å². The number of primary amides is 1. The summed E-state index contributed by atoms with van der Waals surface area (Å²) in [5.74, 6) is -0.411. The zero-order valence-electron chi connectivity index (χ0n) is 15.5. The summed E-state index contributed by atoms with van der Waals surface area (Å²) in [6.07, 6.45) is 2.98. The molecule has 2 N–H and O–H groups in total. The Kier molecular flexibility index (Phi) is 7.44. The minimum atomic E-state index is -0.328. The van der Waals surface area contributed by atoms with Gasteiger partial charge in [0.15, 0.2) is 0 Å². The van der Waals surface area contributed by atoms with Gasteiger partial charge in [-0.15, -0.1) is 0 Å². The molecule has 0 unspecified atom stereocenters. The average molecular weight is 345 g/mol. The van der Waals surface area contributed by atoms with Crippen molar-refractivity contribution in [1.82, 2.24) is 9.80 Å². The third kappa shape index (κ3) is 5.85. The molecule has 5 nitrogen and oxygen atoms in total. The number of nitrogens with zero attached hydrogens (tertiary/aromatic N) is 2. The number of hydrogen-bond acceptors (Lipinski definition) is 3. The Morgan fingerprint density at radius 3 is 2.44 bits per heavy atom. The van der Waals surface area contributed by atoms with Crippen LogP contribution in [-0.4, -0.2) is 47.3 Å². The first-order chi connectivity index (χ1) is 12.0. The Morgan fingerprint density at radius 1 is 1.24 bits per heavy atom. The molecule has 0 spiro atoms. The molecule has 1 aliphatic rings. The van der Waals surface area contributed by atoms with Gasteiger partial charge in [0.1, 0.15) is 0 Å². The van der Waals surface area contributed by atoms with E-state index in [0.29, 0.717) is 18.9 Å². The fraction of sp³-hybridized carbons (Fsp3) is 0.600. The van der Waals surface area contributed by atoms with E-state index in [4.69, 9.17) is 5.73 Å². The summed E-state index contributed by atoms with van der Waals surface area (Å²) in [6.45, 7) is 7.57. The number of carbonyl (C=O) groups excluding carboxylic acids is 2. The van der Waals surface area contributed by atoms with Crippen molar-refractivity contribution in [3.8, 4) is 0 Å². The van der Waals surface area contributed by atoms with E-state index in [9.17, 15) is 9.59 Å². The predicted octanol–water partition coefficient (Wildman–Crippen LogP) is 2.40. The molecule has 1 aliphatic heterocycles. The molecule has 1 aromatic carbocycles. The summed E-state index contributed by atoms with van der Waals surface area (Å²) in [5, 5.41) is 0. The second-order valence-corrected chi connectivity index (χ2v) is 7.00. The van der Waals surface area contributed by atoms with Gasteiger partial charge in [0.25, 0.3) is 0 Å². The molecule has 138 valence electrons. The first-order valence-corrected chi connectivity index (χ1v) is 9.36. The molecule has 0 radical (unpaired) electrons. The van der Waals surface area contributed by atoms with Crippen molar-refractivity contribution >= 4 is 11.8 Å². The molecule has 5 heteroatoms. The topological polar surface area (TPSA) is 66.6 Å². The van der Waals surface area contributed by atoms with Gasteiger partial charge in [0, 0.05) is 38.0 Å². The van der Waals surface area contributed by atoms with Crippen molar-refractivity contribution in [3.05, 3.63) is 35.9 Å². The van der Waals surface area contributed by atoms with Crippen LogP contribution in [0.15, 0.2) is 30.3 Å². The Bertz CT molecular complexity index is 553. The van der Waals surface area contributed by atoms with Gasteiger partial charge in [0.2, 0.25) is 11.8 Å². The highest BCUT2D eigenvalue weighted by Crippen LogP contribution is 2.20. The molecule has 1 fully saturated rings.